The van der Waals surface area contributed by atoms with Gasteiger partial charge in [-0.1, -0.05) is 34.8 Å². The molecule has 4 nitrogen and oxygen atoms in total. The first kappa shape index (κ1) is 15.7. The predicted molar refractivity (Wildman–Crippen MR) is 78.9 cm³/mol. The van der Waals surface area contributed by atoms with Crippen molar-refractivity contribution in [3.05, 3.63) is 26.7 Å². The smallest absolute Gasteiger partial charge is 0.256 e. The fourth-order valence-corrected chi connectivity index (χ4v) is 2.96. The Hall–Kier alpha value is -0.680. The Morgan fingerprint density at radius 3 is 2.35 bits per heavy atom. The molecule has 1 aliphatic rings. The van der Waals surface area contributed by atoms with Gasteiger partial charge in [-0.05, 0) is 31.7 Å². The molecule has 0 aliphatic heterocycles. The zero-order valence-corrected chi connectivity index (χ0v) is 12.8. The Morgan fingerprint density at radius 2 is 1.75 bits per heavy atom. The number of aromatic hydroxyl groups is 1. The molecule has 1 fully saturated rings. The van der Waals surface area contributed by atoms with Gasteiger partial charge in [0.2, 0.25) is 0 Å². The van der Waals surface area contributed by atoms with E-state index in [1.807, 2.05) is 0 Å². The van der Waals surface area contributed by atoms with Crippen molar-refractivity contribution in [2.45, 2.75) is 37.8 Å². The van der Waals surface area contributed by atoms with Crippen LogP contribution in [0, 0.1) is 0 Å². The van der Waals surface area contributed by atoms with E-state index in [4.69, 9.17) is 34.8 Å². The third kappa shape index (κ3) is 3.31. The van der Waals surface area contributed by atoms with Crippen molar-refractivity contribution in [1.29, 1.82) is 0 Å². The third-order valence-corrected chi connectivity index (χ3v) is 4.48. The molecule has 0 radical (unpaired) electrons. The van der Waals surface area contributed by atoms with Crippen LogP contribution in [0.5, 0.6) is 5.75 Å². The van der Waals surface area contributed by atoms with E-state index in [-0.39, 0.29) is 38.5 Å². The number of amides is 1. The third-order valence-electron chi connectivity index (χ3n) is 3.40. The summed E-state index contributed by atoms with van der Waals surface area (Å²) in [5.74, 6) is -0.896. The van der Waals surface area contributed by atoms with Crippen molar-refractivity contribution in [3.8, 4) is 5.75 Å². The zero-order chi connectivity index (χ0) is 14.9. The minimum Gasteiger partial charge on any atom is -0.505 e. The number of phenols is 1. The van der Waals surface area contributed by atoms with E-state index in [1.165, 1.54) is 6.07 Å². The van der Waals surface area contributed by atoms with E-state index >= 15 is 0 Å². The summed E-state index contributed by atoms with van der Waals surface area (Å²) in [6.45, 7) is 0. The summed E-state index contributed by atoms with van der Waals surface area (Å²) < 4.78 is 0. The monoisotopic (exact) mass is 337 g/mol. The normalized spacial score (nSPS) is 22.6. The van der Waals surface area contributed by atoms with E-state index in [2.05, 4.69) is 5.32 Å². The minimum absolute atomic E-state index is 0.0244. The Morgan fingerprint density at radius 1 is 1.15 bits per heavy atom. The van der Waals surface area contributed by atoms with Crippen LogP contribution in [0.3, 0.4) is 0 Å². The fraction of sp³-hybridized carbons (Fsp3) is 0.462. The minimum atomic E-state index is -0.515. The van der Waals surface area contributed by atoms with Gasteiger partial charge in [-0.3, -0.25) is 4.79 Å². The molecule has 0 bridgehead atoms. The summed E-state index contributed by atoms with van der Waals surface area (Å²) in [4.78, 5) is 12.2. The van der Waals surface area contributed by atoms with Gasteiger partial charge in [0, 0.05) is 6.04 Å². The number of hydrogen-bond donors (Lipinski definition) is 3. The summed E-state index contributed by atoms with van der Waals surface area (Å²) >= 11 is 17.6. The molecule has 1 saturated carbocycles. The molecule has 110 valence electrons. The second-order valence-electron chi connectivity index (χ2n) is 4.86. The van der Waals surface area contributed by atoms with Crippen molar-refractivity contribution >= 4 is 40.7 Å². The van der Waals surface area contributed by atoms with Crippen LogP contribution in [0.4, 0.5) is 0 Å². The molecular formula is C13H14Cl3NO3. The highest BCUT2D eigenvalue weighted by molar-refractivity contribution is 6.45. The van der Waals surface area contributed by atoms with Crippen LogP contribution in [0.15, 0.2) is 6.07 Å². The summed E-state index contributed by atoms with van der Waals surface area (Å²) in [6, 6.07) is 1.23. The molecule has 0 aromatic heterocycles. The number of aliphatic hydroxyl groups excluding tert-OH is 1. The van der Waals surface area contributed by atoms with Crippen LogP contribution in [0.25, 0.3) is 0 Å². The first-order valence-electron chi connectivity index (χ1n) is 6.25. The maximum absolute atomic E-state index is 12.2. The summed E-state index contributed by atoms with van der Waals surface area (Å²) in [5, 5.41) is 22.1. The second-order valence-corrected chi connectivity index (χ2v) is 6.05. The van der Waals surface area contributed by atoms with Crippen LogP contribution in [-0.4, -0.2) is 28.3 Å². The number of carbonyl (C=O) groups is 1. The first-order chi connectivity index (χ1) is 9.40. The highest BCUT2D eigenvalue weighted by atomic mass is 35.5. The highest BCUT2D eigenvalue weighted by Crippen LogP contribution is 2.38. The molecule has 0 saturated heterocycles. The molecule has 1 aliphatic carbocycles. The Kier molecular flexibility index (Phi) is 5.02. The molecule has 0 spiro atoms. The number of carbonyl (C=O) groups excluding carboxylic acids is 1. The number of hydrogen-bond acceptors (Lipinski definition) is 3. The van der Waals surface area contributed by atoms with Gasteiger partial charge in [0.15, 0.2) is 0 Å². The second kappa shape index (κ2) is 6.39. The maximum atomic E-state index is 12.2. The molecule has 0 heterocycles. The van der Waals surface area contributed by atoms with Crippen LogP contribution in [0.2, 0.25) is 15.1 Å². The molecular weight excluding hydrogens is 325 g/mol. The van der Waals surface area contributed by atoms with Gasteiger partial charge in [0.05, 0.1) is 21.2 Å². The largest absolute Gasteiger partial charge is 0.505 e. The van der Waals surface area contributed by atoms with Gasteiger partial charge < -0.3 is 15.5 Å². The quantitative estimate of drug-likeness (QED) is 0.724. The van der Waals surface area contributed by atoms with Crippen molar-refractivity contribution in [1.82, 2.24) is 5.32 Å². The molecule has 7 heteroatoms. The van der Waals surface area contributed by atoms with Gasteiger partial charge in [0.25, 0.3) is 5.91 Å². The van der Waals surface area contributed by atoms with Gasteiger partial charge >= 0.3 is 0 Å². The maximum Gasteiger partial charge on any atom is 0.256 e. The lowest BCUT2D eigenvalue weighted by atomic mass is 9.93. The van der Waals surface area contributed by atoms with Crippen molar-refractivity contribution in [3.63, 3.8) is 0 Å². The van der Waals surface area contributed by atoms with Crippen molar-refractivity contribution in [2.24, 2.45) is 0 Å². The lowest BCUT2D eigenvalue weighted by molar-refractivity contribution is 0.0865. The predicted octanol–water partition coefficient (Wildman–Crippen LogP) is 3.39. The molecule has 1 aromatic rings. The number of nitrogens with one attached hydrogen (secondary N) is 1. The van der Waals surface area contributed by atoms with E-state index in [0.717, 1.165) is 0 Å². The van der Waals surface area contributed by atoms with Crippen molar-refractivity contribution in [2.75, 3.05) is 0 Å². The Labute approximate surface area is 131 Å². The topological polar surface area (TPSA) is 69.6 Å². The number of phenolic OH excluding ortho intramolecular Hbond substituents is 1. The molecule has 0 unspecified atom stereocenters. The Balaban J connectivity index is 2.17. The SMILES string of the molecule is O=C(NC1CCC(O)CC1)c1c(O)c(Cl)cc(Cl)c1Cl. The van der Waals surface area contributed by atoms with Gasteiger partial charge in [0.1, 0.15) is 11.3 Å². The summed E-state index contributed by atoms with van der Waals surface area (Å²) in [5.41, 5.74) is -0.115. The van der Waals surface area contributed by atoms with E-state index in [1.54, 1.807) is 0 Å². The number of aliphatic hydroxyl groups is 1. The summed E-state index contributed by atoms with van der Waals surface area (Å²) in [7, 11) is 0. The van der Waals surface area contributed by atoms with Crippen LogP contribution < -0.4 is 5.32 Å². The molecule has 1 aromatic carbocycles. The zero-order valence-electron chi connectivity index (χ0n) is 10.5. The standard InChI is InChI=1S/C13H14Cl3NO3/c14-8-5-9(15)12(19)10(11(8)16)13(20)17-6-1-3-7(18)4-2-6/h5-7,18-19H,1-4H2,(H,17,20). The van der Waals surface area contributed by atoms with Gasteiger partial charge in [-0.15, -0.1) is 0 Å². The molecule has 2 rings (SSSR count). The lowest BCUT2D eigenvalue weighted by Gasteiger charge is -2.26. The van der Waals surface area contributed by atoms with Crippen LogP contribution in [-0.2, 0) is 0 Å². The average molecular weight is 339 g/mol. The molecule has 1 amide bonds. The van der Waals surface area contributed by atoms with E-state index in [9.17, 15) is 15.0 Å². The number of benzene rings is 1. The van der Waals surface area contributed by atoms with Crippen molar-refractivity contribution < 1.29 is 15.0 Å². The van der Waals surface area contributed by atoms with Gasteiger partial charge in [-0.2, -0.15) is 0 Å². The highest BCUT2D eigenvalue weighted by Gasteiger charge is 2.25. The van der Waals surface area contributed by atoms with Crippen LogP contribution >= 0.6 is 34.8 Å². The Bertz CT molecular complexity index is 502. The molecule has 0 atom stereocenters. The molecule has 3 N–H and O–H groups in total. The van der Waals surface area contributed by atoms with E-state index in [0.29, 0.717) is 25.7 Å². The van der Waals surface area contributed by atoms with Gasteiger partial charge in [-0.25, -0.2) is 0 Å². The lowest BCUT2D eigenvalue weighted by Crippen LogP contribution is -2.38. The number of rotatable bonds is 2. The average Bonchev–Trinajstić information content (AvgIpc) is 2.39. The summed E-state index contributed by atoms with van der Waals surface area (Å²) in [6.07, 6.45) is 2.34. The first-order valence-corrected chi connectivity index (χ1v) is 7.39. The fourth-order valence-electron chi connectivity index (χ4n) is 2.27. The van der Waals surface area contributed by atoms with E-state index < -0.39 is 5.91 Å². The molecule has 20 heavy (non-hydrogen) atoms. The van der Waals surface area contributed by atoms with Crippen LogP contribution in [0.1, 0.15) is 36.0 Å². The number of halogens is 3.